The molecule has 7 nitrogen and oxygen atoms in total. The zero-order valence-corrected chi connectivity index (χ0v) is 11.5. The van der Waals surface area contributed by atoms with Gasteiger partial charge in [0, 0.05) is 5.56 Å². The minimum Gasteiger partial charge on any atom is -0.267 e. The molecule has 0 saturated carbocycles. The molecular weight excluding hydrogens is 280 g/mol. The standard InChI is InChI=1S/C15H12N6O/c22-15(18-16-10-12-4-2-1-3-5-12)13-6-8-14(9-7-13)21-11-17-19-20-21/h1-11H,(H,18,22)/b16-10+. The lowest BCUT2D eigenvalue weighted by Crippen LogP contribution is -2.17. The van der Waals surface area contributed by atoms with Gasteiger partial charge in [0.25, 0.3) is 5.91 Å². The number of carbonyl (C=O) groups is 1. The van der Waals surface area contributed by atoms with Gasteiger partial charge < -0.3 is 0 Å². The molecule has 0 aliphatic heterocycles. The molecule has 2 aromatic carbocycles. The van der Waals surface area contributed by atoms with Crippen LogP contribution in [0.5, 0.6) is 0 Å². The lowest BCUT2D eigenvalue weighted by Gasteiger charge is -2.02. The van der Waals surface area contributed by atoms with Crippen LogP contribution < -0.4 is 5.43 Å². The second-order valence-electron chi connectivity index (χ2n) is 4.41. The molecule has 1 amide bonds. The Morgan fingerprint density at radius 1 is 1.09 bits per heavy atom. The zero-order valence-electron chi connectivity index (χ0n) is 11.5. The molecular formula is C15H12N6O. The van der Waals surface area contributed by atoms with Crippen molar-refractivity contribution >= 4 is 12.1 Å². The maximum absolute atomic E-state index is 12.0. The predicted octanol–water partition coefficient (Wildman–Crippen LogP) is 1.43. The van der Waals surface area contributed by atoms with Crippen LogP contribution in [0.4, 0.5) is 0 Å². The molecule has 0 unspecified atom stereocenters. The maximum atomic E-state index is 12.0. The molecule has 3 rings (SSSR count). The molecule has 1 N–H and O–H groups in total. The van der Waals surface area contributed by atoms with Crippen molar-refractivity contribution in [3.63, 3.8) is 0 Å². The second-order valence-corrected chi connectivity index (χ2v) is 4.41. The fraction of sp³-hybridized carbons (Fsp3) is 0. The lowest BCUT2D eigenvalue weighted by atomic mass is 10.2. The number of nitrogens with one attached hydrogen (secondary N) is 1. The smallest absolute Gasteiger partial charge is 0.267 e. The Morgan fingerprint density at radius 2 is 1.86 bits per heavy atom. The summed E-state index contributed by atoms with van der Waals surface area (Å²) < 4.78 is 1.51. The van der Waals surface area contributed by atoms with Crippen molar-refractivity contribution in [2.45, 2.75) is 0 Å². The van der Waals surface area contributed by atoms with E-state index in [1.807, 2.05) is 30.3 Å². The molecule has 108 valence electrons. The molecule has 0 atom stereocenters. The van der Waals surface area contributed by atoms with Crippen LogP contribution in [0.3, 0.4) is 0 Å². The number of benzene rings is 2. The molecule has 0 bridgehead atoms. The first-order valence-corrected chi connectivity index (χ1v) is 6.55. The van der Waals surface area contributed by atoms with Gasteiger partial charge in [-0.1, -0.05) is 30.3 Å². The molecule has 0 aliphatic carbocycles. The van der Waals surface area contributed by atoms with Crippen LogP contribution in [0, 0.1) is 0 Å². The van der Waals surface area contributed by atoms with Crippen LogP contribution in [0.25, 0.3) is 5.69 Å². The predicted molar refractivity (Wildman–Crippen MR) is 80.7 cm³/mol. The maximum Gasteiger partial charge on any atom is 0.271 e. The minimum absolute atomic E-state index is 0.282. The Balaban J connectivity index is 1.64. The van der Waals surface area contributed by atoms with Crippen LogP contribution >= 0.6 is 0 Å². The summed E-state index contributed by atoms with van der Waals surface area (Å²) in [6.07, 6.45) is 3.08. The van der Waals surface area contributed by atoms with Gasteiger partial charge in [-0.15, -0.1) is 5.10 Å². The van der Waals surface area contributed by atoms with Crippen LogP contribution in [-0.2, 0) is 0 Å². The van der Waals surface area contributed by atoms with Crippen molar-refractivity contribution in [1.29, 1.82) is 0 Å². The van der Waals surface area contributed by atoms with E-state index < -0.39 is 0 Å². The summed E-state index contributed by atoms with van der Waals surface area (Å²) in [5.74, 6) is -0.282. The Morgan fingerprint density at radius 3 is 2.55 bits per heavy atom. The van der Waals surface area contributed by atoms with E-state index in [1.54, 1.807) is 30.5 Å². The van der Waals surface area contributed by atoms with E-state index in [1.165, 1.54) is 11.0 Å². The van der Waals surface area contributed by atoms with Gasteiger partial charge in [-0.2, -0.15) is 5.10 Å². The third kappa shape index (κ3) is 3.21. The summed E-state index contributed by atoms with van der Waals surface area (Å²) in [7, 11) is 0. The van der Waals surface area contributed by atoms with Gasteiger partial charge in [0.15, 0.2) is 0 Å². The van der Waals surface area contributed by atoms with Gasteiger partial charge in [-0.3, -0.25) is 4.79 Å². The van der Waals surface area contributed by atoms with E-state index in [0.29, 0.717) is 5.56 Å². The van der Waals surface area contributed by atoms with Crippen molar-refractivity contribution in [1.82, 2.24) is 25.6 Å². The minimum atomic E-state index is -0.282. The fourth-order valence-electron chi connectivity index (χ4n) is 1.81. The summed E-state index contributed by atoms with van der Waals surface area (Å²) in [5.41, 5.74) is 4.67. The SMILES string of the molecule is O=C(N/N=C/c1ccccc1)c1ccc(-n2cnnn2)cc1. The number of hydrogen-bond acceptors (Lipinski definition) is 5. The van der Waals surface area contributed by atoms with Gasteiger partial charge in [-0.05, 0) is 40.3 Å². The van der Waals surface area contributed by atoms with Gasteiger partial charge in [0.1, 0.15) is 6.33 Å². The van der Waals surface area contributed by atoms with E-state index in [9.17, 15) is 4.79 Å². The van der Waals surface area contributed by atoms with Crippen molar-refractivity contribution in [3.05, 3.63) is 72.1 Å². The largest absolute Gasteiger partial charge is 0.271 e. The van der Waals surface area contributed by atoms with Crippen LogP contribution in [0.1, 0.15) is 15.9 Å². The summed E-state index contributed by atoms with van der Waals surface area (Å²) >= 11 is 0. The number of hydrogen-bond donors (Lipinski definition) is 1. The number of hydrazone groups is 1. The molecule has 0 radical (unpaired) electrons. The number of aromatic nitrogens is 4. The lowest BCUT2D eigenvalue weighted by molar-refractivity contribution is 0.0955. The van der Waals surface area contributed by atoms with E-state index in [0.717, 1.165) is 11.3 Å². The summed E-state index contributed by atoms with van der Waals surface area (Å²) in [6.45, 7) is 0. The molecule has 7 heteroatoms. The number of carbonyl (C=O) groups excluding carboxylic acids is 1. The highest BCUT2D eigenvalue weighted by Crippen LogP contribution is 2.07. The molecule has 22 heavy (non-hydrogen) atoms. The summed E-state index contributed by atoms with van der Waals surface area (Å²) in [6, 6.07) is 16.4. The molecule has 0 fully saturated rings. The highest BCUT2D eigenvalue weighted by molar-refractivity contribution is 5.95. The number of nitrogens with zero attached hydrogens (tertiary/aromatic N) is 5. The Kier molecular flexibility index (Phi) is 3.96. The van der Waals surface area contributed by atoms with Crippen molar-refractivity contribution in [3.8, 4) is 5.69 Å². The number of amides is 1. The first-order valence-electron chi connectivity index (χ1n) is 6.55. The first-order chi connectivity index (χ1) is 10.8. The average Bonchev–Trinajstić information content (AvgIpc) is 3.10. The highest BCUT2D eigenvalue weighted by atomic mass is 16.2. The van der Waals surface area contributed by atoms with Crippen molar-refractivity contribution in [2.75, 3.05) is 0 Å². The van der Waals surface area contributed by atoms with Crippen LogP contribution in [0.15, 0.2) is 66.0 Å². The molecule has 1 aromatic heterocycles. The zero-order chi connectivity index (χ0) is 15.2. The number of tetrazole rings is 1. The Bertz CT molecular complexity index is 766. The quantitative estimate of drug-likeness (QED) is 0.582. The van der Waals surface area contributed by atoms with Crippen molar-refractivity contribution < 1.29 is 4.79 Å². The normalized spacial score (nSPS) is 10.7. The third-order valence-corrected chi connectivity index (χ3v) is 2.92. The third-order valence-electron chi connectivity index (χ3n) is 2.92. The topological polar surface area (TPSA) is 85.1 Å². The monoisotopic (exact) mass is 292 g/mol. The molecule has 0 spiro atoms. The van der Waals surface area contributed by atoms with E-state index in [2.05, 4.69) is 26.1 Å². The molecule has 3 aromatic rings. The van der Waals surface area contributed by atoms with Crippen LogP contribution in [0.2, 0.25) is 0 Å². The van der Waals surface area contributed by atoms with Gasteiger partial charge in [0.2, 0.25) is 0 Å². The van der Waals surface area contributed by atoms with Crippen LogP contribution in [-0.4, -0.2) is 32.3 Å². The fourth-order valence-corrected chi connectivity index (χ4v) is 1.81. The summed E-state index contributed by atoms with van der Waals surface area (Å²) in [5, 5.41) is 14.8. The van der Waals surface area contributed by atoms with E-state index in [-0.39, 0.29) is 5.91 Å². The molecule has 0 saturated heterocycles. The summed E-state index contributed by atoms with van der Waals surface area (Å²) in [4.78, 5) is 12.0. The van der Waals surface area contributed by atoms with Crippen molar-refractivity contribution in [2.24, 2.45) is 5.10 Å². The van der Waals surface area contributed by atoms with Gasteiger partial charge in [-0.25, -0.2) is 10.1 Å². The molecule has 0 aliphatic rings. The van der Waals surface area contributed by atoms with E-state index in [4.69, 9.17) is 0 Å². The van der Waals surface area contributed by atoms with E-state index >= 15 is 0 Å². The highest BCUT2D eigenvalue weighted by Gasteiger charge is 2.05. The van der Waals surface area contributed by atoms with Gasteiger partial charge in [0.05, 0.1) is 11.9 Å². The number of rotatable bonds is 4. The Labute approximate surface area is 126 Å². The second kappa shape index (κ2) is 6.40. The first kappa shape index (κ1) is 13.6. The Hall–Kier alpha value is -3.35. The average molecular weight is 292 g/mol. The molecule has 1 heterocycles. The van der Waals surface area contributed by atoms with Gasteiger partial charge >= 0.3 is 0 Å².